The summed E-state index contributed by atoms with van der Waals surface area (Å²) < 4.78 is 21.8. The maximum absolute atomic E-state index is 11.5. The molecule has 5 nitrogen and oxygen atoms in total. The normalized spacial score (nSPS) is 11.2. The van der Waals surface area contributed by atoms with E-state index in [1.807, 2.05) is 30.3 Å². The van der Waals surface area contributed by atoms with Gasteiger partial charge in [0.2, 0.25) is 5.91 Å². The van der Waals surface area contributed by atoms with E-state index in [1.165, 1.54) is 6.26 Å². The summed E-state index contributed by atoms with van der Waals surface area (Å²) in [6.45, 7) is 1.23. The van der Waals surface area contributed by atoms with Crippen molar-refractivity contribution in [1.29, 1.82) is 0 Å². The van der Waals surface area contributed by atoms with Crippen molar-refractivity contribution in [2.75, 3.05) is 25.1 Å². The van der Waals surface area contributed by atoms with Gasteiger partial charge in [-0.25, -0.2) is 8.42 Å². The van der Waals surface area contributed by atoms with Gasteiger partial charge in [-0.05, 0) is 18.5 Å². The summed E-state index contributed by atoms with van der Waals surface area (Å²) in [7, 11) is -2.91. The third-order valence-electron chi connectivity index (χ3n) is 2.49. The second-order valence-electron chi connectivity index (χ2n) is 4.42. The fourth-order valence-electron chi connectivity index (χ4n) is 1.52. The van der Waals surface area contributed by atoms with Crippen LogP contribution in [0.2, 0.25) is 0 Å². The Morgan fingerprint density at radius 2 is 1.89 bits per heavy atom. The SMILES string of the molecule is CS(=O)(=O)CCCNCC(=O)NCc1ccccc1. The van der Waals surface area contributed by atoms with Crippen molar-refractivity contribution in [3.8, 4) is 0 Å². The van der Waals surface area contributed by atoms with Gasteiger partial charge in [0.15, 0.2) is 0 Å². The van der Waals surface area contributed by atoms with E-state index in [1.54, 1.807) is 0 Å². The highest BCUT2D eigenvalue weighted by Gasteiger charge is 2.03. The molecule has 0 aliphatic rings. The van der Waals surface area contributed by atoms with Gasteiger partial charge >= 0.3 is 0 Å². The molecule has 1 rings (SSSR count). The molecule has 0 aromatic heterocycles. The maximum Gasteiger partial charge on any atom is 0.234 e. The Bertz CT molecular complexity index is 486. The van der Waals surface area contributed by atoms with Crippen LogP contribution >= 0.6 is 0 Å². The van der Waals surface area contributed by atoms with Crippen LogP contribution in [-0.2, 0) is 21.2 Å². The summed E-state index contributed by atoms with van der Waals surface area (Å²) in [5, 5.41) is 5.70. The highest BCUT2D eigenvalue weighted by molar-refractivity contribution is 7.90. The van der Waals surface area contributed by atoms with Gasteiger partial charge in [0.25, 0.3) is 0 Å². The topological polar surface area (TPSA) is 75.3 Å². The Balaban J connectivity index is 2.09. The highest BCUT2D eigenvalue weighted by atomic mass is 32.2. The monoisotopic (exact) mass is 284 g/mol. The molecule has 0 fully saturated rings. The first-order chi connectivity index (χ1) is 8.97. The van der Waals surface area contributed by atoms with Gasteiger partial charge in [-0.15, -0.1) is 0 Å². The third kappa shape index (κ3) is 8.34. The van der Waals surface area contributed by atoms with Crippen molar-refractivity contribution in [1.82, 2.24) is 10.6 Å². The lowest BCUT2D eigenvalue weighted by molar-refractivity contribution is -0.120. The van der Waals surface area contributed by atoms with E-state index in [4.69, 9.17) is 0 Å². The Hall–Kier alpha value is -1.40. The Labute approximate surface area is 114 Å². The number of hydrogen-bond donors (Lipinski definition) is 2. The molecule has 1 aromatic carbocycles. The predicted octanol–water partition coefficient (Wildman–Crippen LogP) is 0.327. The molecule has 6 heteroatoms. The molecule has 106 valence electrons. The molecule has 0 aliphatic heterocycles. The lowest BCUT2D eigenvalue weighted by Gasteiger charge is -2.06. The number of carbonyl (C=O) groups excluding carboxylic acids is 1. The summed E-state index contributed by atoms with van der Waals surface area (Å²) >= 11 is 0. The highest BCUT2D eigenvalue weighted by Crippen LogP contribution is 1.96. The summed E-state index contributed by atoms with van der Waals surface area (Å²) in [5.74, 6) is 0.0502. The second kappa shape index (κ2) is 7.91. The molecule has 0 bridgehead atoms. The van der Waals surface area contributed by atoms with Gasteiger partial charge in [-0.2, -0.15) is 0 Å². The molecule has 2 N–H and O–H groups in total. The molecule has 0 spiro atoms. The second-order valence-corrected chi connectivity index (χ2v) is 6.68. The van der Waals surface area contributed by atoms with E-state index in [9.17, 15) is 13.2 Å². The molecule has 0 radical (unpaired) electrons. The smallest absolute Gasteiger partial charge is 0.234 e. The molecular weight excluding hydrogens is 264 g/mol. The number of rotatable bonds is 8. The van der Waals surface area contributed by atoms with Gasteiger partial charge in [-0.3, -0.25) is 4.79 Å². The van der Waals surface area contributed by atoms with Gasteiger partial charge in [0, 0.05) is 12.8 Å². The van der Waals surface area contributed by atoms with E-state index in [-0.39, 0.29) is 18.2 Å². The number of hydrogen-bond acceptors (Lipinski definition) is 4. The molecule has 0 saturated heterocycles. The zero-order valence-electron chi connectivity index (χ0n) is 11.1. The molecule has 0 saturated carbocycles. The molecule has 0 heterocycles. The molecule has 0 atom stereocenters. The van der Waals surface area contributed by atoms with Crippen LogP contribution in [0.3, 0.4) is 0 Å². The minimum Gasteiger partial charge on any atom is -0.351 e. The first kappa shape index (κ1) is 15.7. The van der Waals surface area contributed by atoms with Crippen LogP contribution in [-0.4, -0.2) is 39.4 Å². The van der Waals surface area contributed by atoms with Crippen molar-refractivity contribution < 1.29 is 13.2 Å². The summed E-state index contributed by atoms with van der Waals surface area (Å²) in [4.78, 5) is 11.5. The van der Waals surface area contributed by atoms with E-state index in [0.29, 0.717) is 19.5 Å². The number of sulfone groups is 1. The van der Waals surface area contributed by atoms with Gasteiger partial charge in [0.1, 0.15) is 9.84 Å². The third-order valence-corrected chi connectivity index (χ3v) is 3.52. The molecule has 0 unspecified atom stereocenters. The average molecular weight is 284 g/mol. The summed E-state index contributed by atoms with van der Waals surface area (Å²) in [5.41, 5.74) is 1.05. The molecule has 1 amide bonds. The largest absolute Gasteiger partial charge is 0.351 e. The van der Waals surface area contributed by atoms with Crippen LogP contribution < -0.4 is 10.6 Å². The van der Waals surface area contributed by atoms with Crippen LogP contribution in [0.15, 0.2) is 30.3 Å². The van der Waals surface area contributed by atoms with E-state index in [0.717, 1.165) is 5.56 Å². The average Bonchev–Trinajstić information content (AvgIpc) is 2.36. The zero-order chi connectivity index (χ0) is 14.1. The van der Waals surface area contributed by atoms with E-state index < -0.39 is 9.84 Å². The van der Waals surface area contributed by atoms with Crippen LogP contribution in [0.25, 0.3) is 0 Å². The minimum absolute atomic E-state index is 0.0943. The van der Waals surface area contributed by atoms with E-state index in [2.05, 4.69) is 10.6 Å². The van der Waals surface area contributed by atoms with Crippen LogP contribution in [0.1, 0.15) is 12.0 Å². The number of amides is 1. The van der Waals surface area contributed by atoms with Crippen LogP contribution in [0.5, 0.6) is 0 Å². The fourth-order valence-corrected chi connectivity index (χ4v) is 2.19. The Morgan fingerprint density at radius 1 is 1.21 bits per heavy atom. The van der Waals surface area contributed by atoms with Crippen molar-refractivity contribution in [3.05, 3.63) is 35.9 Å². The quantitative estimate of drug-likeness (QED) is 0.675. The zero-order valence-corrected chi connectivity index (χ0v) is 11.9. The lowest BCUT2D eigenvalue weighted by atomic mass is 10.2. The van der Waals surface area contributed by atoms with Crippen molar-refractivity contribution in [3.63, 3.8) is 0 Å². The number of benzene rings is 1. The fraction of sp³-hybridized carbons (Fsp3) is 0.462. The Kier molecular flexibility index (Phi) is 6.52. The van der Waals surface area contributed by atoms with Crippen molar-refractivity contribution in [2.24, 2.45) is 0 Å². The molecule has 19 heavy (non-hydrogen) atoms. The number of carbonyl (C=O) groups is 1. The first-order valence-corrected chi connectivity index (χ1v) is 8.22. The first-order valence-electron chi connectivity index (χ1n) is 6.16. The minimum atomic E-state index is -2.91. The van der Waals surface area contributed by atoms with Crippen LogP contribution in [0, 0.1) is 0 Å². The van der Waals surface area contributed by atoms with Crippen molar-refractivity contribution in [2.45, 2.75) is 13.0 Å². The Morgan fingerprint density at radius 3 is 2.53 bits per heavy atom. The molecular formula is C13H20N2O3S. The predicted molar refractivity (Wildman–Crippen MR) is 75.5 cm³/mol. The molecule has 0 aliphatic carbocycles. The van der Waals surface area contributed by atoms with Gasteiger partial charge in [-0.1, -0.05) is 30.3 Å². The molecule has 1 aromatic rings. The lowest BCUT2D eigenvalue weighted by Crippen LogP contribution is -2.34. The summed E-state index contributed by atoms with van der Waals surface area (Å²) in [6.07, 6.45) is 1.73. The summed E-state index contributed by atoms with van der Waals surface area (Å²) in [6, 6.07) is 9.66. The van der Waals surface area contributed by atoms with Gasteiger partial charge < -0.3 is 10.6 Å². The van der Waals surface area contributed by atoms with E-state index >= 15 is 0 Å². The van der Waals surface area contributed by atoms with Crippen LogP contribution in [0.4, 0.5) is 0 Å². The standard InChI is InChI=1S/C13H20N2O3S/c1-19(17,18)9-5-8-14-11-13(16)15-10-12-6-3-2-4-7-12/h2-4,6-7,14H,5,8-11H2,1H3,(H,15,16). The van der Waals surface area contributed by atoms with Gasteiger partial charge in [0.05, 0.1) is 12.3 Å². The number of nitrogens with one attached hydrogen (secondary N) is 2. The maximum atomic E-state index is 11.5. The van der Waals surface area contributed by atoms with Crippen molar-refractivity contribution >= 4 is 15.7 Å².